The van der Waals surface area contributed by atoms with E-state index in [4.69, 9.17) is 4.74 Å². The molecular formula is C24H34N2O3. The minimum absolute atomic E-state index is 0.00102. The molecule has 2 heterocycles. The Balaban J connectivity index is 1.31. The molecule has 0 unspecified atom stereocenters. The third-order valence-corrected chi connectivity index (χ3v) is 7.44. The molecule has 4 rings (SSSR count). The van der Waals surface area contributed by atoms with E-state index < -0.39 is 5.60 Å². The van der Waals surface area contributed by atoms with Crippen molar-refractivity contribution in [3.63, 3.8) is 0 Å². The van der Waals surface area contributed by atoms with Crippen LogP contribution >= 0.6 is 0 Å². The third kappa shape index (κ3) is 3.53. The number of piperidine rings is 1. The monoisotopic (exact) mass is 398 g/mol. The second-order valence-corrected chi connectivity index (χ2v) is 10.7. The van der Waals surface area contributed by atoms with Crippen molar-refractivity contribution in [3.05, 3.63) is 35.4 Å². The number of nitrogens with one attached hydrogen (secondary N) is 1. The topological polar surface area (TPSA) is 58.6 Å². The molecule has 5 heteroatoms. The first kappa shape index (κ1) is 20.2. The number of likely N-dealkylation sites (tertiary alicyclic amines) is 1. The average molecular weight is 399 g/mol. The van der Waals surface area contributed by atoms with Gasteiger partial charge >= 0.3 is 6.09 Å². The summed E-state index contributed by atoms with van der Waals surface area (Å²) in [6, 6.07) is 9.04. The van der Waals surface area contributed by atoms with E-state index in [0.29, 0.717) is 18.8 Å². The maximum Gasteiger partial charge on any atom is 0.408 e. The number of amides is 2. The SMILES string of the molecule is CC(C)(C)c1ccc(C2CCN(C(=O)C3CC4(C3)NC(=O)OC4(C)C)CC2)cc1. The molecule has 1 saturated carbocycles. The Morgan fingerprint density at radius 1 is 1.10 bits per heavy atom. The van der Waals surface area contributed by atoms with Gasteiger partial charge in [-0.2, -0.15) is 0 Å². The van der Waals surface area contributed by atoms with Crippen LogP contribution in [-0.2, 0) is 14.9 Å². The molecule has 2 saturated heterocycles. The number of hydrogen-bond acceptors (Lipinski definition) is 3. The molecule has 1 aliphatic carbocycles. The Morgan fingerprint density at radius 3 is 2.17 bits per heavy atom. The Labute approximate surface area is 174 Å². The normalized spacial score (nSPS) is 29.3. The van der Waals surface area contributed by atoms with Crippen molar-refractivity contribution < 1.29 is 14.3 Å². The lowest BCUT2D eigenvalue weighted by Gasteiger charge is -2.50. The zero-order chi connectivity index (χ0) is 21.0. The molecule has 1 N–H and O–H groups in total. The van der Waals surface area contributed by atoms with E-state index >= 15 is 0 Å². The number of nitrogens with zero attached hydrogens (tertiary/aromatic N) is 1. The van der Waals surface area contributed by atoms with Gasteiger partial charge in [-0.1, -0.05) is 45.0 Å². The summed E-state index contributed by atoms with van der Waals surface area (Å²) in [6.45, 7) is 12.2. The molecule has 29 heavy (non-hydrogen) atoms. The Bertz CT molecular complexity index is 792. The molecule has 1 aromatic rings. The molecule has 0 bridgehead atoms. The molecule has 0 atom stereocenters. The van der Waals surface area contributed by atoms with Crippen LogP contribution in [0, 0.1) is 5.92 Å². The smallest absolute Gasteiger partial charge is 0.408 e. The van der Waals surface area contributed by atoms with Crippen LogP contribution in [-0.4, -0.2) is 41.1 Å². The van der Waals surface area contributed by atoms with Crippen LogP contribution in [0.3, 0.4) is 0 Å². The zero-order valence-corrected chi connectivity index (χ0v) is 18.4. The van der Waals surface area contributed by atoms with E-state index in [1.807, 2.05) is 18.7 Å². The van der Waals surface area contributed by atoms with E-state index in [9.17, 15) is 9.59 Å². The quantitative estimate of drug-likeness (QED) is 0.805. The highest BCUT2D eigenvalue weighted by molar-refractivity contribution is 5.82. The fourth-order valence-electron chi connectivity index (χ4n) is 5.20. The molecular weight excluding hydrogens is 364 g/mol. The number of benzene rings is 1. The van der Waals surface area contributed by atoms with Crippen molar-refractivity contribution in [1.29, 1.82) is 0 Å². The van der Waals surface area contributed by atoms with Gasteiger partial charge in [-0.05, 0) is 62.0 Å². The lowest BCUT2D eigenvalue weighted by molar-refractivity contribution is -0.145. The maximum absolute atomic E-state index is 13.0. The molecule has 2 aliphatic heterocycles. The molecule has 2 amide bonds. The van der Waals surface area contributed by atoms with Gasteiger partial charge in [-0.25, -0.2) is 4.79 Å². The van der Waals surface area contributed by atoms with Crippen molar-refractivity contribution in [1.82, 2.24) is 10.2 Å². The van der Waals surface area contributed by atoms with E-state index in [1.54, 1.807) is 0 Å². The number of carbonyl (C=O) groups is 2. The Morgan fingerprint density at radius 2 is 1.69 bits per heavy atom. The van der Waals surface area contributed by atoms with Gasteiger partial charge in [-0.3, -0.25) is 4.79 Å². The lowest BCUT2D eigenvalue weighted by atomic mass is 9.60. The highest BCUT2D eigenvalue weighted by atomic mass is 16.6. The summed E-state index contributed by atoms with van der Waals surface area (Å²) in [5.41, 5.74) is 2.00. The fourth-order valence-corrected chi connectivity index (χ4v) is 5.20. The van der Waals surface area contributed by atoms with E-state index in [2.05, 4.69) is 50.4 Å². The first-order chi connectivity index (χ1) is 13.5. The minimum atomic E-state index is -0.549. The number of cyclic esters (lactones) is 1. The van der Waals surface area contributed by atoms with Crippen LogP contribution in [0.25, 0.3) is 0 Å². The number of carbonyl (C=O) groups excluding carboxylic acids is 2. The summed E-state index contributed by atoms with van der Waals surface area (Å²) in [4.78, 5) is 26.7. The van der Waals surface area contributed by atoms with Crippen molar-refractivity contribution in [2.45, 2.75) is 82.8 Å². The van der Waals surface area contributed by atoms with Crippen LogP contribution in [0.5, 0.6) is 0 Å². The standard InChI is InChI=1S/C24H34N2O3/c1-22(2,3)19-8-6-16(7-9-19)17-10-12-26(13-11-17)20(27)18-14-24(15-18)23(4,5)29-21(28)25-24/h6-9,17-18H,10-15H2,1-5H3,(H,25,28). The van der Waals surface area contributed by atoms with Crippen LogP contribution in [0.4, 0.5) is 4.79 Å². The van der Waals surface area contributed by atoms with Gasteiger partial charge in [0, 0.05) is 19.0 Å². The predicted molar refractivity (Wildman–Crippen MR) is 113 cm³/mol. The van der Waals surface area contributed by atoms with Crippen LogP contribution in [0.1, 0.15) is 77.3 Å². The second kappa shape index (κ2) is 6.75. The number of rotatable bonds is 2. The summed E-state index contributed by atoms with van der Waals surface area (Å²) >= 11 is 0. The molecule has 1 spiro atoms. The largest absolute Gasteiger partial charge is 0.441 e. The number of ether oxygens (including phenoxy) is 1. The summed E-state index contributed by atoms with van der Waals surface area (Å²) in [6.07, 6.45) is 3.03. The van der Waals surface area contributed by atoms with Gasteiger partial charge in [0.05, 0.1) is 5.54 Å². The first-order valence-corrected chi connectivity index (χ1v) is 10.9. The summed E-state index contributed by atoms with van der Waals surface area (Å²) < 4.78 is 5.40. The summed E-state index contributed by atoms with van der Waals surface area (Å²) in [7, 11) is 0. The molecule has 0 aromatic heterocycles. The van der Waals surface area contributed by atoms with Gasteiger partial charge in [0.1, 0.15) is 5.60 Å². The van der Waals surface area contributed by atoms with E-state index in [1.165, 1.54) is 11.1 Å². The van der Waals surface area contributed by atoms with Crippen molar-refractivity contribution in [2.75, 3.05) is 13.1 Å². The van der Waals surface area contributed by atoms with Crippen molar-refractivity contribution in [3.8, 4) is 0 Å². The number of hydrogen-bond donors (Lipinski definition) is 1. The third-order valence-electron chi connectivity index (χ3n) is 7.44. The van der Waals surface area contributed by atoms with Crippen LogP contribution in [0.15, 0.2) is 24.3 Å². The molecule has 3 aliphatic rings. The summed E-state index contributed by atoms with van der Waals surface area (Å²) in [5.74, 6) is 0.773. The van der Waals surface area contributed by atoms with E-state index in [-0.39, 0.29) is 28.9 Å². The molecule has 3 fully saturated rings. The second-order valence-electron chi connectivity index (χ2n) is 10.7. The number of alkyl carbamates (subject to hydrolysis) is 1. The van der Waals surface area contributed by atoms with Gasteiger partial charge in [-0.15, -0.1) is 0 Å². The zero-order valence-electron chi connectivity index (χ0n) is 18.4. The van der Waals surface area contributed by atoms with Gasteiger partial charge < -0.3 is 15.0 Å². The van der Waals surface area contributed by atoms with Crippen LogP contribution in [0.2, 0.25) is 0 Å². The Hall–Kier alpha value is -2.04. The lowest BCUT2D eigenvalue weighted by Crippen LogP contribution is -2.65. The highest BCUT2D eigenvalue weighted by Crippen LogP contribution is 2.50. The molecule has 158 valence electrons. The van der Waals surface area contributed by atoms with Crippen molar-refractivity contribution in [2.24, 2.45) is 5.92 Å². The molecule has 1 aromatic carbocycles. The maximum atomic E-state index is 13.0. The Kier molecular flexibility index (Phi) is 4.71. The predicted octanol–water partition coefficient (Wildman–Crippen LogP) is 4.36. The average Bonchev–Trinajstić information content (AvgIpc) is 2.88. The highest BCUT2D eigenvalue weighted by Gasteiger charge is 2.63. The van der Waals surface area contributed by atoms with Crippen molar-refractivity contribution >= 4 is 12.0 Å². The van der Waals surface area contributed by atoms with Gasteiger partial charge in [0.15, 0.2) is 0 Å². The minimum Gasteiger partial charge on any atom is -0.441 e. The summed E-state index contributed by atoms with van der Waals surface area (Å²) in [5, 5.41) is 2.96. The van der Waals surface area contributed by atoms with E-state index in [0.717, 1.165) is 25.9 Å². The van der Waals surface area contributed by atoms with Crippen LogP contribution < -0.4 is 5.32 Å². The van der Waals surface area contributed by atoms with Gasteiger partial charge in [0.2, 0.25) is 5.91 Å². The fraction of sp³-hybridized carbons (Fsp3) is 0.667. The molecule has 0 radical (unpaired) electrons. The molecule has 5 nitrogen and oxygen atoms in total. The first-order valence-electron chi connectivity index (χ1n) is 10.9. The van der Waals surface area contributed by atoms with Gasteiger partial charge in [0.25, 0.3) is 0 Å².